The Kier molecular flexibility index (Phi) is 9.68. The van der Waals surface area contributed by atoms with E-state index in [1.807, 2.05) is 25.1 Å². The second-order valence-electron chi connectivity index (χ2n) is 8.42. The quantitative estimate of drug-likeness (QED) is 0.147. The second kappa shape index (κ2) is 12.9. The summed E-state index contributed by atoms with van der Waals surface area (Å²) < 4.78 is 22.5. The van der Waals surface area contributed by atoms with E-state index in [-0.39, 0.29) is 23.8 Å². The van der Waals surface area contributed by atoms with Crippen molar-refractivity contribution < 1.29 is 28.5 Å². The van der Waals surface area contributed by atoms with Gasteiger partial charge in [-0.15, -0.1) is 0 Å². The number of hydrogen-bond donors (Lipinski definition) is 1. The predicted molar refractivity (Wildman–Crippen MR) is 145 cm³/mol. The van der Waals surface area contributed by atoms with Crippen LogP contribution in [0.15, 0.2) is 64.2 Å². The number of rotatable bonds is 10. The highest BCUT2D eigenvalue weighted by atomic mass is 79.9. The third-order valence-corrected chi connectivity index (χ3v) is 5.83. The van der Waals surface area contributed by atoms with E-state index in [4.69, 9.17) is 18.9 Å². The van der Waals surface area contributed by atoms with Gasteiger partial charge in [-0.1, -0.05) is 41.9 Å². The first-order valence-corrected chi connectivity index (χ1v) is 12.3. The molecule has 0 fully saturated rings. The van der Waals surface area contributed by atoms with Crippen LogP contribution < -0.4 is 24.4 Å². The van der Waals surface area contributed by atoms with Crippen LogP contribution in [-0.2, 0) is 4.79 Å². The first-order chi connectivity index (χ1) is 17.7. The van der Waals surface area contributed by atoms with Gasteiger partial charge in [0.2, 0.25) is 0 Å². The number of methoxy groups -OCH3 is 2. The average Bonchev–Trinajstić information content (AvgIpc) is 2.88. The molecule has 37 heavy (non-hydrogen) atoms. The summed E-state index contributed by atoms with van der Waals surface area (Å²) in [5.41, 5.74) is 5.27. The summed E-state index contributed by atoms with van der Waals surface area (Å²) in [7, 11) is 3.00. The van der Waals surface area contributed by atoms with Crippen molar-refractivity contribution in [2.75, 3.05) is 20.8 Å². The summed E-state index contributed by atoms with van der Waals surface area (Å²) in [5, 5.41) is 4.01. The number of aryl methyl sites for hydroxylation is 1. The molecule has 3 rings (SSSR count). The van der Waals surface area contributed by atoms with E-state index in [1.165, 1.54) is 26.5 Å². The van der Waals surface area contributed by atoms with Crippen LogP contribution in [0, 0.1) is 6.92 Å². The Morgan fingerprint density at radius 3 is 2.38 bits per heavy atom. The van der Waals surface area contributed by atoms with Crippen LogP contribution in [0.2, 0.25) is 0 Å². The first-order valence-electron chi connectivity index (χ1n) is 11.5. The fourth-order valence-corrected chi connectivity index (χ4v) is 3.81. The zero-order valence-corrected chi connectivity index (χ0v) is 22.9. The SMILES string of the molecule is COc1ccc(C(=O)Oc2ccc(Br)cc2/C=N/NC(=O)COc2cc(C)ccc2C(C)C)cc1OC. The number of halogens is 1. The molecule has 0 heterocycles. The second-order valence-corrected chi connectivity index (χ2v) is 9.33. The van der Waals surface area contributed by atoms with Gasteiger partial charge in [-0.2, -0.15) is 5.10 Å². The van der Waals surface area contributed by atoms with Crippen LogP contribution in [0.3, 0.4) is 0 Å². The summed E-state index contributed by atoms with van der Waals surface area (Å²) >= 11 is 3.40. The summed E-state index contributed by atoms with van der Waals surface area (Å²) in [5.74, 6) is 1.09. The predicted octanol–water partition coefficient (Wildman–Crippen LogP) is 5.65. The van der Waals surface area contributed by atoms with Crippen LogP contribution in [0.5, 0.6) is 23.0 Å². The van der Waals surface area contributed by atoms with E-state index in [9.17, 15) is 9.59 Å². The molecule has 0 saturated carbocycles. The number of ether oxygens (including phenoxy) is 4. The van der Waals surface area contributed by atoms with Gasteiger partial charge >= 0.3 is 5.97 Å². The summed E-state index contributed by atoms with van der Waals surface area (Å²) in [6.45, 7) is 5.90. The van der Waals surface area contributed by atoms with Gasteiger partial charge in [0, 0.05) is 10.0 Å². The minimum Gasteiger partial charge on any atom is -0.493 e. The topological polar surface area (TPSA) is 95.5 Å². The summed E-state index contributed by atoms with van der Waals surface area (Å²) in [6, 6.07) is 15.7. The lowest BCUT2D eigenvalue weighted by molar-refractivity contribution is -0.123. The average molecular weight is 569 g/mol. The third kappa shape index (κ3) is 7.57. The van der Waals surface area contributed by atoms with Crippen molar-refractivity contribution in [2.45, 2.75) is 26.7 Å². The van der Waals surface area contributed by atoms with E-state index in [0.29, 0.717) is 22.8 Å². The van der Waals surface area contributed by atoms with Crippen molar-refractivity contribution in [1.29, 1.82) is 0 Å². The first kappa shape index (κ1) is 27.7. The minimum absolute atomic E-state index is 0.194. The molecule has 0 aliphatic carbocycles. The number of amides is 1. The molecular formula is C28H29BrN2O6. The van der Waals surface area contributed by atoms with E-state index in [1.54, 1.807) is 30.3 Å². The van der Waals surface area contributed by atoms with Gasteiger partial charge in [-0.05, 0) is 66.4 Å². The fraction of sp³-hybridized carbons (Fsp3) is 0.250. The van der Waals surface area contributed by atoms with E-state index >= 15 is 0 Å². The van der Waals surface area contributed by atoms with Gasteiger partial charge in [0.25, 0.3) is 5.91 Å². The summed E-state index contributed by atoms with van der Waals surface area (Å²) in [4.78, 5) is 25.1. The molecule has 1 amide bonds. The molecule has 0 atom stereocenters. The van der Waals surface area contributed by atoms with Crippen LogP contribution >= 0.6 is 15.9 Å². The van der Waals surface area contributed by atoms with Gasteiger partial charge in [0.05, 0.1) is 26.0 Å². The normalized spacial score (nSPS) is 10.9. The van der Waals surface area contributed by atoms with Crippen molar-refractivity contribution in [3.63, 3.8) is 0 Å². The number of nitrogens with one attached hydrogen (secondary N) is 1. The molecule has 194 valence electrons. The Labute approximate surface area is 224 Å². The largest absolute Gasteiger partial charge is 0.493 e. The smallest absolute Gasteiger partial charge is 0.343 e. The van der Waals surface area contributed by atoms with Crippen molar-refractivity contribution in [2.24, 2.45) is 5.10 Å². The Balaban J connectivity index is 1.67. The van der Waals surface area contributed by atoms with E-state index in [0.717, 1.165) is 15.6 Å². The number of hydrogen-bond acceptors (Lipinski definition) is 7. The Bertz CT molecular complexity index is 1310. The molecule has 0 bridgehead atoms. The van der Waals surface area contributed by atoms with Crippen LogP contribution in [0.4, 0.5) is 0 Å². The number of hydrazone groups is 1. The molecule has 0 aromatic heterocycles. The standard InChI is InChI=1S/C28H29BrN2O6/c1-17(2)22-9-6-18(3)12-25(22)36-16-27(32)31-30-15-20-13-21(29)8-11-23(20)37-28(33)19-7-10-24(34-4)26(14-19)35-5/h6-15,17H,16H2,1-5H3,(H,31,32)/b30-15+. The number of carbonyl (C=O) groups excluding carboxylic acids is 2. The molecule has 9 heteroatoms. The summed E-state index contributed by atoms with van der Waals surface area (Å²) in [6.07, 6.45) is 1.39. The highest BCUT2D eigenvalue weighted by Gasteiger charge is 2.15. The Hall–Kier alpha value is -3.85. The van der Waals surface area contributed by atoms with Gasteiger partial charge in [-0.3, -0.25) is 4.79 Å². The lowest BCUT2D eigenvalue weighted by Gasteiger charge is -2.14. The molecule has 1 N–H and O–H groups in total. The molecule has 0 saturated heterocycles. The minimum atomic E-state index is -0.588. The third-order valence-electron chi connectivity index (χ3n) is 5.34. The highest BCUT2D eigenvalue weighted by Crippen LogP contribution is 2.29. The molecule has 8 nitrogen and oxygen atoms in total. The van der Waals surface area contributed by atoms with Crippen molar-refractivity contribution >= 4 is 34.0 Å². The zero-order chi connectivity index (χ0) is 26.9. The lowest BCUT2D eigenvalue weighted by atomic mass is 10.0. The fourth-order valence-electron chi connectivity index (χ4n) is 3.43. The number of esters is 1. The molecule has 0 unspecified atom stereocenters. The molecule has 3 aromatic carbocycles. The van der Waals surface area contributed by atoms with Crippen LogP contribution in [0.25, 0.3) is 0 Å². The Morgan fingerprint density at radius 2 is 1.68 bits per heavy atom. The van der Waals surface area contributed by atoms with E-state index < -0.39 is 11.9 Å². The highest BCUT2D eigenvalue weighted by molar-refractivity contribution is 9.10. The van der Waals surface area contributed by atoms with Gasteiger partial charge in [0.1, 0.15) is 11.5 Å². The van der Waals surface area contributed by atoms with Gasteiger partial charge < -0.3 is 18.9 Å². The molecular weight excluding hydrogens is 540 g/mol. The zero-order valence-electron chi connectivity index (χ0n) is 21.3. The maximum Gasteiger partial charge on any atom is 0.343 e. The molecule has 3 aromatic rings. The van der Waals surface area contributed by atoms with Crippen LogP contribution in [0.1, 0.15) is 46.8 Å². The number of carbonyl (C=O) groups is 2. The van der Waals surface area contributed by atoms with E-state index in [2.05, 4.69) is 40.3 Å². The van der Waals surface area contributed by atoms with Crippen molar-refractivity contribution in [3.8, 4) is 23.0 Å². The van der Waals surface area contributed by atoms with Crippen molar-refractivity contribution in [3.05, 3.63) is 81.3 Å². The van der Waals surface area contributed by atoms with Gasteiger partial charge in [0.15, 0.2) is 18.1 Å². The molecule has 0 spiro atoms. The number of benzene rings is 3. The monoisotopic (exact) mass is 568 g/mol. The van der Waals surface area contributed by atoms with Gasteiger partial charge in [-0.25, -0.2) is 10.2 Å². The maximum atomic E-state index is 12.8. The Morgan fingerprint density at radius 1 is 0.946 bits per heavy atom. The molecule has 0 aliphatic rings. The number of nitrogens with zero attached hydrogens (tertiary/aromatic N) is 1. The lowest BCUT2D eigenvalue weighted by Crippen LogP contribution is -2.25. The molecule has 0 radical (unpaired) electrons. The van der Waals surface area contributed by atoms with Crippen molar-refractivity contribution in [1.82, 2.24) is 5.43 Å². The maximum absolute atomic E-state index is 12.8. The van der Waals surface area contributed by atoms with Crippen LogP contribution in [-0.4, -0.2) is 38.9 Å². The molecule has 0 aliphatic heterocycles.